The third-order valence-electron chi connectivity index (χ3n) is 3.05. The maximum absolute atomic E-state index is 9.08. The first kappa shape index (κ1) is 13.6. The van der Waals surface area contributed by atoms with E-state index < -0.39 is 0 Å². The van der Waals surface area contributed by atoms with E-state index in [1.165, 1.54) is 11.3 Å². The molecule has 0 aliphatic heterocycles. The summed E-state index contributed by atoms with van der Waals surface area (Å²) in [5.74, 6) is 0. The normalized spacial score (nSPS) is 10.0. The Morgan fingerprint density at radius 3 is 2.58 bits per heavy atom. The molecule has 0 saturated heterocycles. The molecule has 3 heteroatoms. The molecule has 0 heterocycles. The number of para-hydroxylation sites is 1. The lowest BCUT2D eigenvalue weighted by Crippen LogP contribution is -2.17. The van der Waals surface area contributed by atoms with Crippen molar-refractivity contribution in [3.63, 3.8) is 0 Å². The van der Waals surface area contributed by atoms with E-state index in [9.17, 15) is 0 Å². The second kappa shape index (κ2) is 5.90. The lowest BCUT2D eigenvalue weighted by molar-refractivity contribution is 1.01. The molecule has 0 aliphatic carbocycles. The van der Waals surface area contributed by atoms with Crippen LogP contribution in [0.2, 0.25) is 0 Å². The number of anilines is 2. The first-order valence-electron chi connectivity index (χ1n) is 6.19. The van der Waals surface area contributed by atoms with Gasteiger partial charge in [-0.3, -0.25) is 0 Å². The third kappa shape index (κ3) is 2.97. The number of halogens is 1. The molecule has 0 unspecified atom stereocenters. The Morgan fingerprint density at radius 1 is 1.21 bits per heavy atom. The lowest BCUT2D eigenvalue weighted by atomic mass is 10.1. The molecule has 19 heavy (non-hydrogen) atoms. The largest absolute Gasteiger partial charge is 0.341 e. The zero-order valence-corrected chi connectivity index (χ0v) is 12.6. The van der Waals surface area contributed by atoms with Gasteiger partial charge < -0.3 is 4.90 Å². The lowest BCUT2D eigenvalue weighted by Gasteiger charge is -2.25. The predicted octanol–water partition coefficient (Wildman–Crippen LogP) is 4.79. The molecular weight excluding hydrogens is 300 g/mol. The molecule has 0 amide bonds. The maximum atomic E-state index is 9.08. The Balaban J connectivity index is 2.52. The Labute approximate surface area is 122 Å². The fourth-order valence-electron chi connectivity index (χ4n) is 2.15. The summed E-state index contributed by atoms with van der Waals surface area (Å²) in [5, 5.41) is 9.08. The van der Waals surface area contributed by atoms with Crippen molar-refractivity contribution in [1.29, 1.82) is 5.26 Å². The van der Waals surface area contributed by atoms with Gasteiger partial charge in [-0.2, -0.15) is 5.26 Å². The van der Waals surface area contributed by atoms with E-state index in [4.69, 9.17) is 5.26 Å². The quantitative estimate of drug-likeness (QED) is 0.814. The smallest absolute Gasteiger partial charge is 0.0992 e. The van der Waals surface area contributed by atoms with Gasteiger partial charge in [-0.1, -0.05) is 34.1 Å². The minimum Gasteiger partial charge on any atom is -0.341 e. The van der Waals surface area contributed by atoms with Gasteiger partial charge in [-0.05, 0) is 43.7 Å². The van der Waals surface area contributed by atoms with Crippen molar-refractivity contribution in [1.82, 2.24) is 0 Å². The van der Waals surface area contributed by atoms with Crippen LogP contribution >= 0.6 is 15.9 Å². The molecule has 0 saturated carbocycles. The van der Waals surface area contributed by atoms with Crippen molar-refractivity contribution in [2.75, 3.05) is 11.4 Å². The maximum Gasteiger partial charge on any atom is 0.0992 e. The molecule has 2 aromatic rings. The van der Waals surface area contributed by atoms with E-state index in [1.54, 1.807) is 0 Å². The second-order valence-corrected chi connectivity index (χ2v) is 5.26. The van der Waals surface area contributed by atoms with Gasteiger partial charge in [0.1, 0.15) is 0 Å². The monoisotopic (exact) mass is 314 g/mol. The Kier molecular flexibility index (Phi) is 4.24. The van der Waals surface area contributed by atoms with Crippen molar-refractivity contribution in [2.45, 2.75) is 13.8 Å². The van der Waals surface area contributed by atoms with Gasteiger partial charge in [0, 0.05) is 22.4 Å². The van der Waals surface area contributed by atoms with Crippen LogP contribution in [0.25, 0.3) is 0 Å². The minimum atomic E-state index is 0.663. The number of rotatable bonds is 3. The van der Waals surface area contributed by atoms with E-state index in [0.717, 1.165) is 16.7 Å². The fourth-order valence-corrected chi connectivity index (χ4v) is 2.63. The zero-order chi connectivity index (χ0) is 13.8. The van der Waals surface area contributed by atoms with Gasteiger partial charge in [0.2, 0.25) is 0 Å². The molecule has 2 aromatic carbocycles. The highest BCUT2D eigenvalue weighted by molar-refractivity contribution is 9.10. The van der Waals surface area contributed by atoms with E-state index in [0.29, 0.717) is 5.56 Å². The van der Waals surface area contributed by atoms with Gasteiger partial charge in [0.05, 0.1) is 11.6 Å². The SMILES string of the molecule is CCN(c1cc(Br)cc(C#N)c1)c1ccccc1C. The molecule has 0 aliphatic rings. The number of nitrogens with zero attached hydrogens (tertiary/aromatic N) is 2. The highest BCUT2D eigenvalue weighted by Crippen LogP contribution is 2.30. The second-order valence-electron chi connectivity index (χ2n) is 4.34. The van der Waals surface area contributed by atoms with Crippen LogP contribution < -0.4 is 4.90 Å². The van der Waals surface area contributed by atoms with E-state index >= 15 is 0 Å². The van der Waals surface area contributed by atoms with Crippen LogP contribution in [0.4, 0.5) is 11.4 Å². The average molecular weight is 315 g/mol. The Morgan fingerprint density at radius 2 is 1.95 bits per heavy atom. The summed E-state index contributed by atoms with van der Waals surface area (Å²) in [7, 11) is 0. The highest BCUT2D eigenvalue weighted by Gasteiger charge is 2.11. The summed E-state index contributed by atoms with van der Waals surface area (Å²) in [4.78, 5) is 2.21. The molecule has 2 rings (SSSR count). The molecule has 0 radical (unpaired) electrons. The predicted molar refractivity (Wildman–Crippen MR) is 82.7 cm³/mol. The standard InChI is InChI=1S/C16H15BrN2/c1-3-19(16-7-5-4-6-12(16)2)15-9-13(11-18)8-14(17)10-15/h4-10H,3H2,1-2H3. The van der Waals surface area contributed by atoms with Crippen LogP contribution in [0.15, 0.2) is 46.9 Å². The van der Waals surface area contributed by atoms with Crippen molar-refractivity contribution < 1.29 is 0 Å². The molecule has 0 aromatic heterocycles. The molecule has 96 valence electrons. The molecule has 0 atom stereocenters. The van der Waals surface area contributed by atoms with Crippen LogP contribution in [0.5, 0.6) is 0 Å². The van der Waals surface area contributed by atoms with Crippen molar-refractivity contribution >= 4 is 27.3 Å². The average Bonchev–Trinajstić information content (AvgIpc) is 2.41. The van der Waals surface area contributed by atoms with Crippen LogP contribution in [0, 0.1) is 18.3 Å². The Hall–Kier alpha value is -1.79. The number of benzene rings is 2. The minimum absolute atomic E-state index is 0.663. The van der Waals surface area contributed by atoms with Crippen LogP contribution in [0.3, 0.4) is 0 Å². The van der Waals surface area contributed by atoms with Crippen molar-refractivity contribution in [3.05, 3.63) is 58.1 Å². The topological polar surface area (TPSA) is 27.0 Å². The molecule has 0 spiro atoms. The third-order valence-corrected chi connectivity index (χ3v) is 3.50. The summed E-state index contributed by atoms with van der Waals surface area (Å²) in [5.41, 5.74) is 4.09. The van der Waals surface area contributed by atoms with E-state index in [-0.39, 0.29) is 0 Å². The molecular formula is C16H15BrN2. The van der Waals surface area contributed by atoms with Gasteiger partial charge in [0.15, 0.2) is 0 Å². The Bertz CT molecular complexity index is 629. The fraction of sp³-hybridized carbons (Fsp3) is 0.188. The van der Waals surface area contributed by atoms with Gasteiger partial charge >= 0.3 is 0 Å². The molecule has 0 N–H and O–H groups in total. The molecule has 0 bridgehead atoms. The van der Waals surface area contributed by atoms with Crippen LogP contribution in [-0.4, -0.2) is 6.54 Å². The van der Waals surface area contributed by atoms with Gasteiger partial charge in [-0.15, -0.1) is 0 Å². The highest BCUT2D eigenvalue weighted by atomic mass is 79.9. The number of hydrogen-bond donors (Lipinski definition) is 0. The van der Waals surface area contributed by atoms with Gasteiger partial charge in [-0.25, -0.2) is 0 Å². The van der Waals surface area contributed by atoms with Crippen molar-refractivity contribution in [2.24, 2.45) is 0 Å². The zero-order valence-electron chi connectivity index (χ0n) is 11.0. The van der Waals surface area contributed by atoms with Gasteiger partial charge in [0.25, 0.3) is 0 Å². The summed E-state index contributed by atoms with van der Waals surface area (Å²) >= 11 is 3.46. The number of aryl methyl sites for hydroxylation is 1. The number of nitriles is 1. The van der Waals surface area contributed by atoms with E-state index in [2.05, 4.69) is 52.9 Å². The summed E-state index contributed by atoms with van der Waals surface area (Å²) < 4.78 is 0.925. The van der Waals surface area contributed by atoms with E-state index in [1.807, 2.05) is 30.3 Å². The molecule has 2 nitrogen and oxygen atoms in total. The van der Waals surface area contributed by atoms with Crippen molar-refractivity contribution in [3.8, 4) is 6.07 Å². The van der Waals surface area contributed by atoms with Crippen LogP contribution in [-0.2, 0) is 0 Å². The first-order chi connectivity index (χ1) is 9.15. The summed E-state index contributed by atoms with van der Waals surface area (Å²) in [6.07, 6.45) is 0. The van der Waals surface area contributed by atoms with Crippen LogP contribution in [0.1, 0.15) is 18.1 Å². The first-order valence-corrected chi connectivity index (χ1v) is 6.99. The summed E-state index contributed by atoms with van der Waals surface area (Å²) in [6.45, 7) is 5.06. The molecule has 0 fully saturated rings. The summed E-state index contributed by atoms with van der Waals surface area (Å²) in [6, 6.07) is 16.3. The number of hydrogen-bond acceptors (Lipinski definition) is 2.